The van der Waals surface area contributed by atoms with E-state index in [2.05, 4.69) is 15.0 Å². The SMILES string of the molecule is CC(CN=Cc1cc(C(F)(F)C(F)(F)C(F)(F)C(F)(F)C(F)(F)C(F)(F)F)ccc1O)(CN=Cc1cc(C(F)(F)C(F)(F)C(F)(F)C(F)(F)C(F)(F)C(F)(F)F)ccc1O)CN=Cc1cccc(C(F)(F)C(F)(F)C(F)(F)C(F)(F)C(F)(F)C(F)(F)F)c1O. The number of nitrogens with zero attached hydrogens (tertiary/aromatic N) is 3. The molecule has 0 fully saturated rings. The van der Waals surface area contributed by atoms with E-state index < -0.39 is 213 Å². The van der Waals surface area contributed by atoms with E-state index in [4.69, 9.17) is 0 Å². The number of hydrogen-bond donors (Lipinski definition) is 3. The Morgan fingerprint density at radius 1 is 0.303 bits per heavy atom. The molecule has 0 radical (unpaired) electrons. The number of phenolic OH excluding ortho intramolecular Hbond substituents is 3. The zero-order valence-corrected chi connectivity index (χ0v) is 41.5. The molecule has 0 spiro atoms. The lowest BCUT2D eigenvalue weighted by Crippen LogP contribution is -2.69. The van der Waals surface area contributed by atoms with Crippen LogP contribution in [0.3, 0.4) is 0 Å². The summed E-state index contributed by atoms with van der Waals surface area (Å²) in [7, 11) is 0. The molecule has 0 unspecified atom stereocenters. The molecule has 3 aromatic rings. The van der Waals surface area contributed by atoms with E-state index in [1.807, 2.05) is 0 Å². The Morgan fingerprint density at radius 2 is 0.551 bits per heavy atom. The second-order valence-corrected chi connectivity index (χ2v) is 18.6. The minimum atomic E-state index is -8.47. The zero-order valence-electron chi connectivity index (χ0n) is 41.5. The molecule has 0 aliphatic rings. The van der Waals surface area contributed by atoms with E-state index in [9.17, 15) is 160 Å². The summed E-state index contributed by atoms with van der Waals surface area (Å²) in [6.45, 7) is -3.69. The first kappa shape index (κ1) is 76.6. The third kappa shape index (κ3) is 11.9. The molecule has 3 N–H and O–H groups in total. The van der Waals surface area contributed by atoms with Gasteiger partial charge in [0.25, 0.3) is 0 Å². The third-order valence-corrected chi connectivity index (χ3v) is 12.1. The average molecular weight is 1380 g/mol. The summed E-state index contributed by atoms with van der Waals surface area (Å²) < 4.78 is 541. The number of rotatable bonds is 24. The molecule has 89 heavy (non-hydrogen) atoms. The molecule has 6 nitrogen and oxygen atoms in total. The summed E-state index contributed by atoms with van der Waals surface area (Å²) in [6.07, 6.45) is -23.9. The van der Waals surface area contributed by atoms with Gasteiger partial charge in [0.05, 0.1) is 5.56 Å². The largest absolute Gasteiger partial charge is 0.507 e. The van der Waals surface area contributed by atoms with Crippen LogP contribution >= 0.6 is 0 Å². The quantitative estimate of drug-likeness (QED) is 0.0616. The van der Waals surface area contributed by atoms with E-state index in [0.717, 1.165) is 0 Å². The highest BCUT2D eigenvalue weighted by Gasteiger charge is 2.94. The molecule has 0 amide bonds. The smallest absolute Gasteiger partial charge is 0.460 e. The van der Waals surface area contributed by atoms with Crippen molar-refractivity contribution in [3.05, 3.63) is 88.0 Å². The lowest BCUT2D eigenvalue weighted by atomic mass is 9.89. The van der Waals surface area contributed by atoms with Gasteiger partial charge in [-0.15, -0.1) is 0 Å². The summed E-state index contributed by atoms with van der Waals surface area (Å²) >= 11 is 0. The molecule has 45 heteroatoms. The number of aromatic hydroxyl groups is 3. The summed E-state index contributed by atoms with van der Waals surface area (Å²) in [5.74, 6) is -126. The summed E-state index contributed by atoms with van der Waals surface area (Å²) in [5.41, 5.74) is -15.8. The molecule has 0 aliphatic carbocycles. The average Bonchev–Trinajstić information content (AvgIpc) is 0.722. The number of hydrogen-bond acceptors (Lipinski definition) is 6. The molecule has 506 valence electrons. The van der Waals surface area contributed by atoms with E-state index in [1.165, 1.54) is 0 Å². The van der Waals surface area contributed by atoms with Crippen molar-refractivity contribution < 1.29 is 187 Å². The van der Waals surface area contributed by atoms with E-state index in [0.29, 0.717) is 6.92 Å². The molecule has 0 aliphatic heterocycles. The highest BCUT2D eigenvalue weighted by Crippen LogP contribution is 2.66. The fourth-order valence-corrected chi connectivity index (χ4v) is 6.71. The maximum atomic E-state index is 15.1. The Bertz CT molecular complexity index is 2980. The number of alkyl halides is 39. The van der Waals surface area contributed by atoms with Crippen molar-refractivity contribution in [3.8, 4) is 17.2 Å². The Balaban J connectivity index is 2.26. The number of para-hydroxylation sites is 1. The minimum absolute atomic E-state index is 0.0380. The topological polar surface area (TPSA) is 97.8 Å². The van der Waals surface area contributed by atoms with Gasteiger partial charge < -0.3 is 15.3 Å². The first-order valence-electron chi connectivity index (χ1n) is 21.9. The van der Waals surface area contributed by atoms with Crippen molar-refractivity contribution >= 4 is 18.6 Å². The van der Waals surface area contributed by atoms with Crippen LogP contribution in [-0.2, 0) is 17.8 Å². The Morgan fingerprint density at radius 3 is 0.820 bits per heavy atom. The van der Waals surface area contributed by atoms with Crippen LogP contribution in [0.4, 0.5) is 171 Å². The summed E-state index contributed by atoms with van der Waals surface area (Å²) in [5, 5.41) is 30.6. The molecule has 0 heterocycles. The van der Waals surface area contributed by atoms with Crippen LogP contribution in [0.2, 0.25) is 0 Å². The molecule has 0 saturated heterocycles. The van der Waals surface area contributed by atoms with Gasteiger partial charge in [-0.25, -0.2) is 0 Å². The maximum absolute atomic E-state index is 15.1. The van der Waals surface area contributed by atoms with Crippen LogP contribution in [-0.4, -0.2) is 143 Å². The molecule has 0 bridgehead atoms. The molecular formula is C44H24F39N3O3. The van der Waals surface area contributed by atoms with Crippen LogP contribution in [0.1, 0.15) is 40.3 Å². The summed E-state index contributed by atoms with van der Waals surface area (Å²) in [4.78, 5) is 10.1. The molecule has 0 aromatic heterocycles. The Kier molecular flexibility index (Phi) is 19.5. The van der Waals surface area contributed by atoms with Crippen LogP contribution < -0.4 is 0 Å². The van der Waals surface area contributed by atoms with Gasteiger partial charge in [0.15, 0.2) is 0 Å². The molecular weight excluding hydrogens is 1360 g/mol. The second kappa shape index (κ2) is 22.6. The van der Waals surface area contributed by atoms with Gasteiger partial charge >= 0.3 is 107 Å². The molecule has 0 saturated carbocycles. The normalized spacial score (nSPS) is 16.3. The number of phenols is 3. The monoisotopic (exact) mass is 1380 g/mol. The van der Waals surface area contributed by atoms with Crippen molar-refractivity contribution in [1.29, 1.82) is 0 Å². The first-order valence-corrected chi connectivity index (χ1v) is 21.9. The van der Waals surface area contributed by atoms with Crippen molar-refractivity contribution in [2.45, 2.75) is 114 Å². The maximum Gasteiger partial charge on any atom is 0.460 e. The zero-order chi connectivity index (χ0) is 70.4. The van der Waals surface area contributed by atoms with Gasteiger partial charge in [0, 0.05) is 71.5 Å². The minimum Gasteiger partial charge on any atom is -0.507 e. The predicted octanol–water partition coefficient (Wildman–Crippen LogP) is 17.1. The lowest BCUT2D eigenvalue weighted by Gasteiger charge is -2.39. The fraction of sp³-hybridized carbons (Fsp3) is 0.523. The number of aliphatic imine (C=N–C) groups is 3. The van der Waals surface area contributed by atoms with E-state index >= 15 is 26.3 Å². The molecule has 3 rings (SSSR count). The van der Waals surface area contributed by atoms with E-state index in [1.54, 1.807) is 0 Å². The Labute approximate surface area is 465 Å². The highest BCUT2D eigenvalue weighted by molar-refractivity contribution is 5.85. The number of halogens is 39. The van der Waals surface area contributed by atoms with Crippen molar-refractivity contribution in [2.24, 2.45) is 20.4 Å². The molecule has 0 atom stereocenters. The van der Waals surface area contributed by atoms with Crippen LogP contribution in [0.5, 0.6) is 17.2 Å². The van der Waals surface area contributed by atoms with Crippen LogP contribution in [0, 0.1) is 5.41 Å². The van der Waals surface area contributed by atoms with E-state index in [-0.39, 0.29) is 42.9 Å². The standard InChI is InChI=1S/C44H24F39N3O3/c1-26(14-84-11-17-3-2-4-22(25(17)89)29(49,50)32(55,56)35(61,62)38(67,68)41(73,74)44(81,82)83,15-85-12-18-9-20(5-7-23(18)87)27(45,46)30(51,52)33(57,58)36(63,64)39(69,70)42(75,76)77)16-86-13-19-10-21(6-8-24(19)88)28(47,48)31(53,54)34(59,60)37(65,66)40(71,72)43(78,79)80/h2-13,87-89H,14-16H2,1H3. The Hall–Kier alpha value is -6.66. The predicted molar refractivity (Wildman–Crippen MR) is 219 cm³/mol. The van der Waals surface area contributed by atoms with Gasteiger partial charge in [-0.1, -0.05) is 13.0 Å². The third-order valence-electron chi connectivity index (χ3n) is 12.1. The van der Waals surface area contributed by atoms with Crippen LogP contribution in [0.15, 0.2) is 69.6 Å². The van der Waals surface area contributed by atoms with Gasteiger partial charge in [-0.05, 0) is 48.5 Å². The van der Waals surface area contributed by atoms with Crippen LogP contribution in [0.25, 0.3) is 0 Å². The van der Waals surface area contributed by atoms with Crippen molar-refractivity contribution in [2.75, 3.05) is 19.6 Å². The number of benzene rings is 3. The second-order valence-electron chi connectivity index (χ2n) is 18.6. The van der Waals surface area contributed by atoms with Gasteiger partial charge in [-0.3, -0.25) is 15.0 Å². The summed E-state index contributed by atoms with van der Waals surface area (Å²) in [6, 6.07) is -3.47. The van der Waals surface area contributed by atoms with Crippen molar-refractivity contribution in [3.63, 3.8) is 0 Å². The van der Waals surface area contributed by atoms with Gasteiger partial charge in [-0.2, -0.15) is 171 Å². The van der Waals surface area contributed by atoms with Crippen molar-refractivity contribution in [1.82, 2.24) is 0 Å². The highest BCUT2D eigenvalue weighted by atomic mass is 19.5. The van der Waals surface area contributed by atoms with Gasteiger partial charge in [0.2, 0.25) is 0 Å². The van der Waals surface area contributed by atoms with Gasteiger partial charge in [0.1, 0.15) is 17.2 Å². The molecule has 3 aromatic carbocycles. The first-order chi connectivity index (χ1) is 39.0. The lowest BCUT2D eigenvalue weighted by molar-refractivity contribution is -0.441. The fourth-order valence-electron chi connectivity index (χ4n) is 6.71.